The Morgan fingerprint density at radius 1 is 1.10 bits per heavy atom. The molecule has 4 rings (SSSR count). The van der Waals surface area contributed by atoms with Crippen LogP contribution in [0.2, 0.25) is 0 Å². The highest BCUT2D eigenvalue weighted by Gasteiger charge is 2.33. The van der Waals surface area contributed by atoms with Crippen LogP contribution in [0, 0.1) is 5.82 Å². The number of thiocarbonyl (C=S) groups is 1. The Balaban J connectivity index is 1.31. The Morgan fingerprint density at radius 2 is 1.79 bits per heavy atom. The Labute approximate surface area is 181 Å². The Bertz CT molecular complexity index is 937. The van der Waals surface area contributed by atoms with Gasteiger partial charge in [-0.2, -0.15) is 0 Å². The monoisotopic (exact) mass is 479 g/mol. The van der Waals surface area contributed by atoms with Crippen LogP contribution in [0.25, 0.3) is 0 Å². The first-order valence-electron chi connectivity index (χ1n) is 9.19. The molecule has 1 N–H and O–H groups in total. The molecular weight excluding hydrogens is 461 g/mol. The SMILES string of the molecule is O=C(C1COc2ccccc2O1)N1CCN(C(=S)Nc2ccc(F)cc2Br)CC1. The van der Waals surface area contributed by atoms with Gasteiger partial charge in [-0.25, -0.2) is 4.39 Å². The molecule has 1 amide bonds. The van der Waals surface area contributed by atoms with Crippen LogP contribution in [0.5, 0.6) is 11.5 Å². The van der Waals surface area contributed by atoms with Crippen molar-refractivity contribution in [2.75, 3.05) is 38.1 Å². The molecule has 2 heterocycles. The third-order valence-electron chi connectivity index (χ3n) is 4.84. The van der Waals surface area contributed by atoms with Crippen LogP contribution >= 0.6 is 28.1 Å². The number of hydrogen-bond acceptors (Lipinski definition) is 4. The van der Waals surface area contributed by atoms with E-state index in [0.29, 0.717) is 53.0 Å². The number of amides is 1. The molecule has 9 heteroatoms. The average molecular weight is 480 g/mol. The number of benzene rings is 2. The van der Waals surface area contributed by atoms with E-state index in [1.54, 1.807) is 17.0 Å². The van der Waals surface area contributed by atoms with Gasteiger partial charge in [0.15, 0.2) is 16.6 Å². The third kappa shape index (κ3) is 4.45. The topological polar surface area (TPSA) is 54.0 Å². The molecule has 0 aromatic heterocycles. The Kier molecular flexibility index (Phi) is 5.86. The largest absolute Gasteiger partial charge is 0.485 e. The van der Waals surface area contributed by atoms with E-state index in [1.165, 1.54) is 12.1 Å². The molecule has 0 aliphatic carbocycles. The van der Waals surface area contributed by atoms with Crippen LogP contribution < -0.4 is 14.8 Å². The number of fused-ring (bicyclic) bond motifs is 1. The molecule has 2 aliphatic heterocycles. The highest BCUT2D eigenvalue weighted by atomic mass is 79.9. The standard InChI is InChI=1S/C20H19BrFN3O3S/c21-14-11-13(22)5-6-15(14)23-20(29)25-9-7-24(8-10-25)19(26)18-12-27-16-3-1-2-4-17(16)28-18/h1-6,11,18H,7-10,12H2,(H,23,29). The van der Waals surface area contributed by atoms with Crippen LogP contribution in [0.3, 0.4) is 0 Å². The third-order valence-corrected chi connectivity index (χ3v) is 5.85. The summed E-state index contributed by atoms with van der Waals surface area (Å²) in [6.45, 7) is 2.47. The zero-order valence-corrected chi connectivity index (χ0v) is 17.8. The number of piperazine rings is 1. The maximum atomic E-state index is 13.2. The van der Waals surface area contributed by atoms with Gasteiger partial charge in [-0.1, -0.05) is 12.1 Å². The first-order chi connectivity index (χ1) is 14.0. The van der Waals surface area contributed by atoms with E-state index in [1.807, 2.05) is 23.1 Å². The molecule has 152 valence electrons. The molecule has 0 radical (unpaired) electrons. The van der Waals surface area contributed by atoms with Crippen LogP contribution in [0.1, 0.15) is 0 Å². The lowest BCUT2D eigenvalue weighted by Crippen LogP contribution is -2.55. The van der Waals surface area contributed by atoms with Crippen molar-refractivity contribution in [3.05, 3.63) is 52.8 Å². The number of halogens is 2. The summed E-state index contributed by atoms with van der Waals surface area (Å²) in [5.41, 5.74) is 0.696. The molecular formula is C20H19BrFN3O3S. The van der Waals surface area contributed by atoms with Crippen molar-refractivity contribution in [3.8, 4) is 11.5 Å². The van der Waals surface area contributed by atoms with Crippen molar-refractivity contribution in [2.24, 2.45) is 0 Å². The highest BCUT2D eigenvalue weighted by Crippen LogP contribution is 2.31. The first-order valence-corrected chi connectivity index (χ1v) is 10.4. The van der Waals surface area contributed by atoms with Crippen LogP contribution in [0.4, 0.5) is 10.1 Å². The van der Waals surface area contributed by atoms with Crippen molar-refractivity contribution in [1.29, 1.82) is 0 Å². The van der Waals surface area contributed by atoms with Crippen molar-refractivity contribution >= 4 is 44.9 Å². The fraction of sp³-hybridized carbons (Fsp3) is 0.300. The summed E-state index contributed by atoms with van der Waals surface area (Å²) in [6.07, 6.45) is -0.642. The van der Waals surface area contributed by atoms with E-state index in [9.17, 15) is 9.18 Å². The number of nitrogens with one attached hydrogen (secondary N) is 1. The van der Waals surface area contributed by atoms with E-state index >= 15 is 0 Å². The van der Waals surface area contributed by atoms with Gasteiger partial charge in [-0.15, -0.1) is 0 Å². The minimum Gasteiger partial charge on any atom is -0.485 e. The van der Waals surface area contributed by atoms with Crippen LogP contribution in [0.15, 0.2) is 46.9 Å². The van der Waals surface area contributed by atoms with E-state index in [2.05, 4.69) is 21.2 Å². The smallest absolute Gasteiger partial charge is 0.267 e. The molecule has 0 saturated carbocycles. The summed E-state index contributed by atoms with van der Waals surface area (Å²) >= 11 is 8.80. The van der Waals surface area contributed by atoms with Gasteiger partial charge in [0.1, 0.15) is 12.4 Å². The lowest BCUT2D eigenvalue weighted by atomic mass is 10.2. The number of nitrogens with zero attached hydrogens (tertiary/aromatic N) is 2. The van der Waals surface area contributed by atoms with E-state index < -0.39 is 6.10 Å². The van der Waals surface area contributed by atoms with Crippen LogP contribution in [-0.4, -0.2) is 59.7 Å². The lowest BCUT2D eigenvalue weighted by molar-refractivity contribution is -0.142. The molecule has 0 bridgehead atoms. The second-order valence-corrected chi connectivity index (χ2v) is 7.97. The van der Waals surface area contributed by atoms with Gasteiger partial charge in [0.25, 0.3) is 5.91 Å². The Hall–Kier alpha value is -2.39. The molecule has 29 heavy (non-hydrogen) atoms. The first kappa shape index (κ1) is 19.9. The highest BCUT2D eigenvalue weighted by molar-refractivity contribution is 9.10. The lowest BCUT2D eigenvalue weighted by Gasteiger charge is -2.38. The van der Waals surface area contributed by atoms with Crippen LogP contribution in [-0.2, 0) is 4.79 Å². The predicted molar refractivity (Wildman–Crippen MR) is 115 cm³/mol. The number of hydrogen-bond donors (Lipinski definition) is 1. The molecule has 1 unspecified atom stereocenters. The number of rotatable bonds is 2. The van der Waals surface area contributed by atoms with Gasteiger partial charge in [0.05, 0.1) is 5.69 Å². The maximum absolute atomic E-state index is 13.2. The van der Waals surface area contributed by atoms with E-state index in [-0.39, 0.29) is 18.3 Å². The molecule has 1 atom stereocenters. The van der Waals surface area contributed by atoms with E-state index in [4.69, 9.17) is 21.7 Å². The zero-order chi connectivity index (χ0) is 20.4. The van der Waals surface area contributed by atoms with Gasteiger partial charge >= 0.3 is 0 Å². The molecule has 1 fully saturated rings. The molecule has 2 aliphatic rings. The molecule has 2 aromatic rings. The van der Waals surface area contributed by atoms with Crippen molar-refractivity contribution in [1.82, 2.24) is 9.80 Å². The summed E-state index contributed by atoms with van der Waals surface area (Å²) in [5.74, 6) is 0.840. The fourth-order valence-corrected chi connectivity index (χ4v) is 4.00. The predicted octanol–water partition coefficient (Wildman–Crippen LogP) is 3.27. The number of anilines is 1. The minimum atomic E-state index is -0.642. The number of carbonyl (C=O) groups is 1. The zero-order valence-electron chi connectivity index (χ0n) is 15.4. The molecule has 6 nitrogen and oxygen atoms in total. The summed E-state index contributed by atoms with van der Waals surface area (Å²) in [4.78, 5) is 16.6. The number of carbonyl (C=O) groups excluding carboxylic acids is 1. The summed E-state index contributed by atoms with van der Waals surface area (Å²) in [5, 5.41) is 3.66. The van der Waals surface area contributed by atoms with Gasteiger partial charge in [0, 0.05) is 30.7 Å². The summed E-state index contributed by atoms with van der Waals surface area (Å²) in [6, 6.07) is 11.7. The fourth-order valence-electron chi connectivity index (χ4n) is 3.26. The second-order valence-electron chi connectivity index (χ2n) is 6.73. The van der Waals surface area contributed by atoms with Gasteiger partial charge in [0.2, 0.25) is 6.10 Å². The minimum absolute atomic E-state index is 0.0840. The summed E-state index contributed by atoms with van der Waals surface area (Å²) in [7, 11) is 0. The number of ether oxygens (including phenoxy) is 2. The van der Waals surface area contributed by atoms with Gasteiger partial charge < -0.3 is 24.6 Å². The second kappa shape index (κ2) is 8.54. The molecule has 0 spiro atoms. The van der Waals surface area contributed by atoms with Crippen molar-refractivity contribution < 1.29 is 18.7 Å². The quantitative estimate of drug-likeness (QED) is 0.667. The van der Waals surface area contributed by atoms with E-state index in [0.717, 1.165) is 0 Å². The van der Waals surface area contributed by atoms with Crippen molar-refractivity contribution in [3.63, 3.8) is 0 Å². The maximum Gasteiger partial charge on any atom is 0.267 e. The van der Waals surface area contributed by atoms with Crippen molar-refractivity contribution in [2.45, 2.75) is 6.10 Å². The van der Waals surface area contributed by atoms with Gasteiger partial charge in [-0.05, 0) is 58.5 Å². The normalized spacial score (nSPS) is 18.3. The van der Waals surface area contributed by atoms with Gasteiger partial charge in [-0.3, -0.25) is 4.79 Å². The summed E-state index contributed by atoms with van der Waals surface area (Å²) < 4.78 is 25.3. The average Bonchev–Trinajstić information content (AvgIpc) is 2.75. The number of para-hydroxylation sites is 2. The Morgan fingerprint density at radius 3 is 2.52 bits per heavy atom. The molecule has 2 aromatic carbocycles. The molecule has 1 saturated heterocycles.